The quantitative estimate of drug-likeness (QED) is 0.447. The van der Waals surface area contributed by atoms with Crippen LogP contribution in [0, 0.1) is 0 Å². The highest BCUT2D eigenvalue weighted by molar-refractivity contribution is 5.94. The van der Waals surface area contributed by atoms with Gasteiger partial charge in [0.15, 0.2) is 0 Å². The van der Waals surface area contributed by atoms with Crippen LogP contribution in [0.3, 0.4) is 0 Å². The Hall–Kier alpha value is -3.19. The third-order valence-corrected chi connectivity index (χ3v) is 4.18. The van der Waals surface area contributed by atoms with Crippen molar-refractivity contribution in [2.24, 2.45) is 0 Å². The zero-order valence-electron chi connectivity index (χ0n) is 13.3. The van der Waals surface area contributed by atoms with Crippen molar-refractivity contribution in [1.29, 1.82) is 0 Å². The van der Waals surface area contributed by atoms with E-state index < -0.39 is 0 Å². The zero-order chi connectivity index (χ0) is 16.2. The molecule has 0 N–H and O–H groups in total. The number of hydrogen-bond acceptors (Lipinski definition) is 1. The van der Waals surface area contributed by atoms with Crippen molar-refractivity contribution in [3.05, 3.63) is 103 Å². The van der Waals surface area contributed by atoms with E-state index in [1.165, 1.54) is 27.8 Å². The molecule has 0 radical (unpaired) electrons. The van der Waals surface area contributed by atoms with E-state index in [4.69, 9.17) is 0 Å². The average Bonchev–Trinajstić information content (AvgIpc) is 2.69. The minimum absolute atomic E-state index is 1.13. The van der Waals surface area contributed by atoms with Crippen LogP contribution in [0.5, 0.6) is 0 Å². The third kappa shape index (κ3) is 2.72. The average molecular weight is 307 g/mol. The SMILES string of the molecule is c1ccc(-c2cccc(-c3cccnc3)c2-c2ccccc2)cc1. The van der Waals surface area contributed by atoms with Crippen LogP contribution in [0.15, 0.2) is 103 Å². The van der Waals surface area contributed by atoms with Gasteiger partial charge in [0, 0.05) is 18.0 Å². The molecular weight excluding hydrogens is 290 g/mol. The number of aromatic nitrogens is 1. The second kappa shape index (κ2) is 6.51. The van der Waals surface area contributed by atoms with Crippen molar-refractivity contribution in [2.45, 2.75) is 0 Å². The van der Waals surface area contributed by atoms with Gasteiger partial charge in [-0.05, 0) is 33.9 Å². The van der Waals surface area contributed by atoms with Crippen molar-refractivity contribution in [1.82, 2.24) is 4.98 Å². The summed E-state index contributed by atoms with van der Waals surface area (Å²) < 4.78 is 0. The molecule has 3 aromatic carbocycles. The summed E-state index contributed by atoms with van der Waals surface area (Å²) in [6.45, 7) is 0. The van der Waals surface area contributed by atoms with Gasteiger partial charge in [0.05, 0.1) is 0 Å². The van der Waals surface area contributed by atoms with Gasteiger partial charge in [0.2, 0.25) is 0 Å². The Bertz CT molecular complexity index is 872. The summed E-state index contributed by atoms with van der Waals surface area (Å²) in [5.74, 6) is 0. The molecule has 0 aliphatic heterocycles. The van der Waals surface area contributed by atoms with Gasteiger partial charge in [-0.3, -0.25) is 4.98 Å². The van der Waals surface area contributed by atoms with Crippen molar-refractivity contribution in [3.63, 3.8) is 0 Å². The van der Waals surface area contributed by atoms with E-state index >= 15 is 0 Å². The largest absolute Gasteiger partial charge is 0.264 e. The molecular formula is C23H17N. The van der Waals surface area contributed by atoms with Gasteiger partial charge in [-0.2, -0.15) is 0 Å². The summed E-state index contributed by atoms with van der Waals surface area (Å²) in [5.41, 5.74) is 7.27. The van der Waals surface area contributed by atoms with Gasteiger partial charge in [-0.25, -0.2) is 0 Å². The topological polar surface area (TPSA) is 12.9 Å². The summed E-state index contributed by atoms with van der Waals surface area (Å²) in [7, 11) is 0. The van der Waals surface area contributed by atoms with Crippen molar-refractivity contribution in [3.8, 4) is 33.4 Å². The smallest absolute Gasteiger partial charge is 0.0346 e. The maximum atomic E-state index is 4.30. The minimum Gasteiger partial charge on any atom is -0.264 e. The molecule has 1 aromatic heterocycles. The molecule has 4 rings (SSSR count). The van der Waals surface area contributed by atoms with Gasteiger partial charge in [-0.1, -0.05) is 84.9 Å². The summed E-state index contributed by atoms with van der Waals surface area (Å²) in [6, 6.07) is 31.7. The molecule has 0 bridgehead atoms. The van der Waals surface area contributed by atoms with Crippen LogP contribution in [0.4, 0.5) is 0 Å². The second-order valence-corrected chi connectivity index (χ2v) is 5.70. The molecule has 0 unspecified atom stereocenters. The molecule has 0 saturated carbocycles. The monoisotopic (exact) mass is 307 g/mol. The highest BCUT2D eigenvalue weighted by Crippen LogP contribution is 2.39. The maximum absolute atomic E-state index is 4.30. The lowest BCUT2D eigenvalue weighted by Gasteiger charge is -2.16. The van der Waals surface area contributed by atoms with E-state index in [1.54, 1.807) is 0 Å². The predicted octanol–water partition coefficient (Wildman–Crippen LogP) is 6.08. The summed E-state index contributed by atoms with van der Waals surface area (Å²) in [6.07, 6.45) is 3.74. The van der Waals surface area contributed by atoms with Crippen molar-refractivity contribution < 1.29 is 0 Å². The summed E-state index contributed by atoms with van der Waals surface area (Å²) >= 11 is 0. The van der Waals surface area contributed by atoms with E-state index in [-0.39, 0.29) is 0 Å². The Balaban J connectivity index is 2.02. The molecule has 1 nitrogen and oxygen atoms in total. The molecule has 4 aromatic rings. The van der Waals surface area contributed by atoms with Gasteiger partial charge < -0.3 is 0 Å². The van der Waals surface area contributed by atoms with E-state index in [0.29, 0.717) is 0 Å². The van der Waals surface area contributed by atoms with Crippen LogP contribution >= 0.6 is 0 Å². The standard InChI is InChI=1S/C23H17N/c1-3-9-18(10-4-1)21-14-7-15-22(20-13-8-16-24-17-20)23(21)19-11-5-2-6-12-19/h1-17H. The van der Waals surface area contributed by atoms with E-state index in [9.17, 15) is 0 Å². The number of rotatable bonds is 3. The Labute approximate surface area is 142 Å². The van der Waals surface area contributed by atoms with Crippen LogP contribution in [0.25, 0.3) is 33.4 Å². The molecule has 1 heteroatoms. The second-order valence-electron chi connectivity index (χ2n) is 5.70. The van der Waals surface area contributed by atoms with Crippen molar-refractivity contribution in [2.75, 3.05) is 0 Å². The molecule has 0 fully saturated rings. The minimum atomic E-state index is 1.13. The summed E-state index contributed by atoms with van der Waals surface area (Å²) in [5, 5.41) is 0. The fourth-order valence-corrected chi connectivity index (χ4v) is 3.09. The normalized spacial score (nSPS) is 10.5. The lowest BCUT2D eigenvalue weighted by Crippen LogP contribution is -1.90. The van der Waals surface area contributed by atoms with Gasteiger partial charge in [0.25, 0.3) is 0 Å². The molecule has 1 heterocycles. The molecule has 24 heavy (non-hydrogen) atoms. The number of benzene rings is 3. The molecule has 0 aliphatic rings. The molecule has 0 saturated heterocycles. The first-order chi connectivity index (χ1) is 11.9. The molecule has 114 valence electrons. The van der Waals surface area contributed by atoms with Crippen LogP contribution in [0.1, 0.15) is 0 Å². The molecule has 0 aliphatic carbocycles. The summed E-state index contributed by atoms with van der Waals surface area (Å²) in [4.78, 5) is 4.30. The number of nitrogens with zero attached hydrogens (tertiary/aromatic N) is 1. The lowest BCUT2D eigenvalue weighted by molar-refractivity contribution is 1.33. The van der Waals surface area contributed by atoms with Gasteiger partial charge in [-0.15, -0.1) is 0 Å². The van der Waals surface area contributed by atoms with E-state index in [0.717, 1.165) is 5.56 Å². The number of hydrogen-bond donors (Lipinski definition) is 0. The van der Waals surface area contributed by atoms with Crippen LogP contribution in [-0.2, 0) is 0 Å². The number of pyridine rings is 1. The first-order valence-electron chi connectivity index (χ1n) is 8.08. The van der Waals surface area contributed by atoms with E-state index in [1.807, 2.05) is 18.5 Å². The van der Waals surface area contributed by atoms with Gasteiger partial charge >= 0.3 is 0 Å². The highest BCUT2D eigenvalue weighted by atomic mass is 14.6. The Morgan fingerprint density at radius 1 is 0.458 bits per heavy atom. The molecule has 0 amide bonds. The first-order valence-corrected chi connectivity index (χ1v) is 8.08. The van der Waals surface area contributed by atoms with Crippen LogP contribution in [-0.4, -0.2) is 4.98 Å². The fourth-order valence-electron chi connectivity index (χ4n) is 3.09. The fraction of sp³-hybridized carbons (Fsp3) is 0. The maximum Gasteiger partial charge on any atom is 0.0346 e. The van der Waals surface area contributed by atoms with Crippen LogP contribution < -0.4 is 0 Å². The van der Waals surface area contributed by atoms with E-state index in [2.05, 4.69) is 89.9 Å². The Morgan fingerprint density at radius 2 is 1.04 bits per heavy atom. The first kappa shape index (κ1) is 14.4. The Kier molecular flexibility index (Phi) is 3.91. The molecule has 0 spiro atoms. The molecule has 0 atom stereocenters. The van der Waals surface area contributed by atoms with Crippen molar-refractivity contribution >= 4 is 0 Å². The zero-order valence-corrected chi connectivity index (χ0v) is 13.3. The van der Waals surface area contributed by atoms with Crippen LogP contribution in [0.2, 0.25) is 0 Å². The Morgan fingerprint density at radius 3 is 1.67 bits per heavy atom. The lowest BCUT2D eigenvalue weighted by atomic mass is 9.88. The highest BCUT2D eigenvalue weighted by Gasteiger charge is 2.13. The van der Waals surface area contributed by atoms with Gasteiger partial charge in [0.1, 0.15) is 0 Å². The third-order valence-electron chi connectivity index (χ3n) is 4.18. The predicted molar refractivity (Wildman–Crippen MR) is 101 cm³/mol.